The molecule has 0 aliphatic carbocycles. The molecular formula is C15H26N2O3. The van der Waals surface area contributed by atoms with E-state index in [9.17, 15) is 9.59 Å². The Morgan fingerprint density at radius 3 is 2.50 bits per heavy atom. The van der Waals surface area contributed by atoms with Crippen LogP contribution in [0.4, 0.5) is 0 Å². The largest absolute Gasteiger partial charge is 0.380 e. The maximum Gasteiger partial charge on any atom is 0.242 e. The van der Waals surface area contributed by atoms with Gasteiger partial charge in [0.25, 0.3) is 0 Å². The fourth-order valence-corrected chi connectivity index (χ4v) is 2.68. The summed E-state index contributed by atoms with van der Waals surface area (Å²) in [7, 11) is 0. The van der Waals surface area contributed by atoms with Crippen molar-refractivity contribution in [2.24, 2.45) is 10.8 Å². The quantitative estimate of drug-likeness (QED) is 0.845. The highest BCUT2D eigenvalue weighted by molar-refractivity contribution is 5.90. The maximum atomic E-state index is 12.4. The molecule has 2 heterocycles. The van der Waals surface area contributed by atoms with E-state index in [2.05, 4.69) is 12.2 Å². The van der Waals surface area contributed by atoms with Crippen LogP contribution in [0.1, 0.15) is 40.5 Å². The number of nitrogens with one attached hydrogen (secondary N) is 1. The van der Waals surface area contributed by atoms with Gasteiger partial charge < -0.3 is 15.0 Å². The highest BCUT2D eigenvalue weighted by Crippen LogP contribution is 2.27. The number of hydrogen-bond donors (Lipinski definition) is 1. The number of carbonyl (C=O) groups excluding carboxylic acids is 2. The molecule has 1 atom stereocenters. The summed E-state index contributed by atoms with van der Waals surface area (Å²) in [6.07, 6.45) is 1.67. The molecule has 0 bridgehead atoms. The van der Waals surface area contributed by atoms with Gasteiger partial charge >= 0.3 is 0 Å². The van der Waals surface area contributed by atoms with Crippen LogP contribution in [0, 0.1) is 10.8 Å². The minimum atomic E-state index is -0.434. The molecule has 1 N–H and O–H groups in total. The third-order valence-electron chi connectivity index (χ3n) is 4.05. The van der Waals surface area contributed by atoms with E-state index in [-0.39, 0.29) is 23.3 Å². The Bertz CT molecular complexity index is 396. The van der Waals surface area contributed by atoms with Gasteiger partial charge in [-0.3, -0.25) is 9.59 Å². The molecular weight excluding hydrogens is 256 g/mol. The topological polar surface area (TPSA) is 58.6 Å². The van der Waals surface area contributed by atoms with Crippen LogP contribution in [0.15, 0.2) is 0 Å². The van der Waals surface area contributed by atoms with Gasteiger partial charge in [0, 0.05) is 23.9 Å². The summed E-state index contributed by atoms with van der Waals surface area (Å²) in [6.45, 7) is 10.5. The highest BCUT2D eigenvalue weighted by Gasteiger charge is 2.40. The Kier molecular flexibility index (Phi) is 4.09. The molecule has 2 aliphatic heterocycles. The van der Waals surface area contributed by atoms with Crippen molar-refractivity contribution in [3.05, 3.63) is 0 Å². The van der Waals surface area contributed by atoms with Gasteiger partial charge in [-0.25, -0.2) is 0 Å². The third kappa shape index (κ3) is 3.14. The van der Waals surface area contributed by atoms with Gasteiger partial charge in [-0.1, -0.05) is 27.7 Å². The molecule has 20 heavy (non-hydrogen) atoms. The molecule has 2 aliphatic rings. The second-order valence-electron chi connectivity index (χ2n) is 7.43. The number of nitrogens with zero attached hydrogens (tertiary/aromatic N) is 1. The van der Waals surface area contributed by atoms with E-state index in [1.807, 2.05) is 20.8 Å². The first-order valence-electron chi connectivity index (χ1n) is 7.39. The first-order valence-corrected chi connectivity index (χ1v) is 7.39. The molecule has 2 amide bonds. The SMILES string of the molecule is CC1(CNC(=O)C2CCCN2C(=O)C(C)(C)C)COC1. The zero-order chi connectivity index (χ0) is 15.0. The molecule has 1 unspecified atom stereocenters. The van der Waals surface area contributed by atoms with Crippen molar-refractivity contribution < 1.29 is 14.3 Å². The van der Waals surface area contributed by atoms with Crippen LogP contribution in [0.2, 0.25) is 0 Å². The Labute approximate surface area is 121 Å². The van der Waals surface area contributed by atoms with E-state index in [1.54, 1.807) is 4.90 Å². The molecule has 2 fully saturated rings. The molecule has 0 aromatic carbocycles. The van der Waals surface area contributed by atoms with Crippen LogP contribution in [-0.2, 0) is 14.3 Å². The van der Waals surface area contributed by atoms with Crippen molar-refractivity contribution in [2.75, 3.05) is 26.3 Å². The van der Waals surface area contributed by atoms with Gasteiger partial charge in [0.05, 0.1) is 13.2 Å². The zero-order valence-electron chi connectivity index (χ0n) is 13.0. The molecule has 5 nitrogen and oxygen atoms in total. The number of likely N-dealkylation sites (tertiary alicyclic amines) is 1. The summed E-state index contributed by atoms with van der Waals surface area (Å²) in [5, 5.41) is 2.99. The lowest BCUT2D eigenvalue weighted by Gasteiger charge is -2.38. The summed E-state index contributed by atoms with van der Waals surface area (Å²) in [5.41, 5.74) is -0.371. The number of hydrogen-bond acceptors (Lipinski definition) is 3. The van der Waals surface area contributed by atoms with Crippen molar-refractivity contribution in [3.8, 4) is 0 Å². The molecule has 0 spiro atoms. The minimum Gasteiger partial charge on any atom is -0.380 e. The molecule has 5 heteroatoms. The van der Waals surface area contributed by atoms with Crippen molar-refractivity contribution >= 4 is 11.8 Å². The third-order valence-corrected chi connectivity index (χ3v) is 4.05. The van der Waals surface area contributed by atoms with Crippen LogP contribution in [-0.4, -0.2) is 49.1 Å². The monoisotopic (exact) mass is 282 g/mol. The average Bonchev–Trinajstić information content (AvgIpc) is 2.80. The fraction of sp³-hybridized carbons (Fsp3) is 0.867. The van der Waals surface area contributed by atoms with E-state index in [0.717, 1.165) is 12.8 Å². The first-order chi connectivity index (χ1) is 9.23. The summed E-state index contributed by atoms with van der Waals surface area (Å²) in [6, 6.07) is -0.300. The summed E-state index contributed by atoms with van der Waals surface area (Å²) < 4.78 is 5.18. The van der Waals surface area contributed by atoms with Gasteiger partial charge in [0.1, 0.15) is 6.04 Å². The van der Waals surface area contributed by atoms with Crippen molar-refractivity contribution in [2.45, 2.75) is 46.6 Å². The number of amides is 2. The lowest BCUT2D eigenvalue weighted by molar-refractivity contribution is -0.145. The number of rotatable bonds is 3. The molecule has 0 aromatic rings. The van der Waals surface area contributed by atoms with Crippen LogP contribution < -0.4 is 5.32 Å². The second-order valence-corrected chi connectivity index (χ2v) is 7.43. The van der Waals surface area contributed by atoms with Crippen LogP contribution in [0.25, 0.3) is 0 Å². The summed E-state index contributed by atoms with van der Waals surface area (Å²) in [5.74, 6) is 0.0431. The molecule has 114 valence electrons. The van der Waals surface area contributed by atoms with Crippen molar-refractivity contribution in [3.63, 3.8) is 0 Å². The van der Waals surface area contributed by atoms with Crippen molar-refractivity contribution in [1.29, 1.82) is 0 Å². The fourth-order valence-electron chi connectivity index (χ4n) is 2.68. The molecule has 0 radical (unpaired) electrons. The minimum absolute atomic E-state index is 0.0202. The standard InChI is InChI=1S/C15H26N2O3/c1-14(2,3)13(19)17-7-5-6-11(17)12(18)16-8-15(4)9-20-10-15/h11H,5-10H2,1-4H3,(H,16,18). The van der Waals surface area contributed by atoms with Crippen LogP contribution in [0.3, 0.4) is 0 Å². The van der Waals surface area contributed by atoms with Gasteiger partial charge in [-0.15, -0.1) is 0 Å². The van der Waals surface area contributed by atoms with Crippen LogP contribution in [0.5, 0.6) is 0 Å². The Balaban J connectivity index is 1.92. The average molecular weight is 282 g/mol. The van der Waals surface area contributed by atoms with E-state index in [4.69, 9.17) is 4.74 Å². The first kappa shape index (κ1) is 15.3. The van der Waals surface area contributed by atoms with Gasteiger partial charge in [-0.2, -0.15) is 0 Å². The lowest BCUT2D eigenvalue weighted by atomic mass is 9.88. The van der Waals surface area contributed by atoms with E-state index >= 15 is 0 Å². The smallest absolute Gasteiger partial charge is 0.242 e. The summed E-state index contributed by atoms with van der Waals surface area (Å²) in [4.78, 5) is 26.4. The predicted octanol–water partition coefficient (Wildman–Crippen LogP) is 1.18. The molecule has 0 aromatic heterocycles. The van der Waals surface area contributed by atoms with Crippen LogP contribution >= 0.6 is 0 Å². The normalized spacial score (nSPS) is 25.2. The van der Waals surface area contributed by atoms with Crippen molar-refractivity contribution in [1.82, 2.24) is 10.2 Å². The zero-order valence-corrected chi connectivity index (χ0v) is 13.0. The Morgan fingerprint density at radius 1 is 1.35 bits per heavy atom. The lowest BCUT2D eigenvalue weighted by Crippen LogP contribution is -2.53. The van der Waals surface area contributed by atoms with E-state index in [1.165, 1.54) is 0 Å². The second kappa shape index (κ2) is 5.35. The Hall–Kier alpha value is -1.10. The van der Waals surface area contributed by atoms with E-state index in [0.29, 0.717) is 26.3 Å². The maximum absolute atomic E-state index is 12.4. The van der Waals surface area contributed by atoms with Gasteiger partial charge in [0.15, 0.2) is 0 Å². The number of carbonyl (C=O) groups is 2. The Morgan fingerprint density at radius 2 is 2.00 bits per heavy atom. The predicted molar refractivity (Wildman–Crippen MR) is 76.1 cm³/mol. The molecule has 2 rings (SSSR count). The number of ether oxygens (including phenoxy) is 1. The highest BCUT2D eigenvalue weighted by atomic mass is 16.5. The summed E-state index contributed by atoms with van der Waals surface area (Å²) >= 11 is 0. The van der Waals surface area contributed by atoms with Gasteiger partial charge in [0.2, 0.25) is 11.8 Å². The molecule has 2 saturated heterocycles. The van der Waals surface area contributed by atoms with Gasteiger partial charge in [-0.05, 0) is 12.8 Å². The molecule has 0 saturated carbocycles. The van der Waals surface area contributed by atoms with E-state index < -0.39 is 5.41 Å².